The maximum Gasteiger partial charge on any atom is 0.410 e. The summed E-state index contributed by atoms with van der Waals surface area (Å²) >= 11 is 0. The van der Waals surface area contributed by atoms with Gasteiger partial charge in [0.05, 0.1) is 25.4 Å². The summed E-state index contributed by atoms with van der Waals surface area (Å²) in [6, 6.07) is 9.96. The Labute approximate surface area is 177 Å². The summed E-state index contributed by atoms with van der Waals surface area (Å²) in [5, 5.41) is 0.113. The number of likely N-dealkylation sites (tertiary alicyclic amines) is 1. The van der Waals surface area contributed by atoms with Crippen LogP contribution in [0.15, 0.2) is 30.3 Å². The van der Waals surface area contributed by atoms with Gasteiger partial charge in [0.15, 0.2) is 8.32 Å². The molecule has 0 aromatic heterocycles. The molecule has 1 amide bonds. The first kappa shape index (κ1) is 23.9. The highest BCUT2D eigenvalue weighted by Gasteiger charge is 2.46. The van der Waals surface area contributed by atoms with Gasteiger partial charge in [-0.2, -0.15) is 0 Å². The third-order valence-corrected chi connectivity index (χ3v) is 10.3. The van der Waals surface area contributed by atoms with Crippen LogP contribution in [-0.2, 0) is 20.5 Å². The molecule has 2 atom stereocenters. The number of nitrogens with zero attached hydrogens (tertiary/aromatic N) is 1. The standard InChI is InChI=1S/C23H39NO4Si/c1-22(2,3)27-21(25)24-15-14-20(28-29(7,8)23(4,5)6)19(24)17-26-16-18-12-10-9-11-13-18/h9-13,19-20H,14-17H2,1-8H3/t19-,20+/m1/s1. The number of carbonyl (C=O) groups is 1. The van der Waals surface area contributed by atoms with E-state index in [9.17, 15) is 4.79 Å². The van der Waals surface area contributed by atoms with Crippen LogP contribution < -0.4 is 0 Å². The molecule has 1 fully saturated rings. The van der Waals surface area contributed by atoms with E-state index in [0.29, 0.717) is 19.8 Å². The summed E-state index contributed by atoms with van der Waals surface area (Å²) in [5.74, 6) is 0. The van der Waals surface area contributed by atoms with Crippen LogP contribution in [0.1, 0.15) is 53.5 Å². The van der Waals surface area contributed by atoms with Gasteiger partial charge in [0.25, 0.3) is 0 Å². The van der Waals surface area contributed by atoms with Crippen LogP contribution in [0.5, 0.6) is 0 Å². The van der Waals surface area contributed by atoms with Crippen molar-refractivity contribution in [3.63, 3.8) is 0 Å². The zero-order chi connectivity index (χ0) is 21.9. The molecular weight excluding hydrogens is 382 g/mol. The van der Waals surface area contributed by atoms with Crippen LogP contribution in [0, 0.1) is 0 Å². The number of rotatable bonds is 6. The molecule has 0 bridgehead atoms. The fraction of sp³-hybridized carbons (Fsp3) is 0.696. The Morgan fingerprint density at radius 1 is 1.10 bits per heavy atom. The average Bonchev–Trinajstić information content (AvgIpc) is 2.95. The fourth-order valence-electron chi connectivity index (χ4n) is 3.13. The molecule has 1 aliphatic heterocycles. The van der Waals surface area contributed by atoms with Crippen LogP contribution in [0.4, 0.5) is 4.79 Å². The van der Waals surface area contributed by atoms with E-state index in [1.807, 2.05) is 51.1 Å². The molecule has 0 N–H and O–H groups in total. The molecule has 0 spiro atoms. The number of ether oxygens (including phenoxy) is 2. The van der Waals surface area contributed by atoms with Gasteiger partial charge in [0.1, 0.15) is 5.60 Å². The minimum Gasteiger partial charge on any atom is -0.444 e. The van der Waals surface area contributed by atoms with E-state index in [-0.39, 0.29) is 23.3 Å². The lowest BCUT2D eigenvalue weighted by atomic mass is 10.2. The lowest BCUT2D eigenvalue weighted by Crippen LogP contribution is -2.50. The van der Waals surface area contributed by atoms with E-state index in [2.05, 4.69) is 33.9 Å². The van der Waals surface area contributed by atoms with Gasteiger partial charge in [-0.3, -0.25) is 0 Å². The zero-order valence-electron chi connectivity index (χ0n) is 19.5. The van der Waals surface area contributed by atoms with Crippen LogP contribution in [-0.4, -0.2) is 50.2 Å². The molecule has 0 unspecified atom stereocenters. The van der Waals surface area contributed by atoms with Gasteiger partial charge in [-0.1, -0.05) is 51.1 Å². The lowest BCUT2D eigenvalue weighted by Gasteiger charge is -2.40. The quantitative estimate of drug-likeness (QED) is 0.561. The van der Waals surface area contributed by atoms with E-state index >= 15 is 0 Å². The molecule has 6 heteroatoms. The Kier molecular flexibility index (Phi) is 7.57. The van der Waals surface area contributed by atoms with Gasteiger partial charge in [0.2, 0.25) is 0 Å². The second-order valence-corrected chi connectivity index (χ2v) is 15.2. The Morgan fingerprint density at radius 2 is 1.72 bits per heavy atom. The number of hydrogen-bond acceptors (Lipinski definition) is 4. The summed E-state index contributed by atoms with van der Waals surface area (Å²) in [7, 11) is -1.96. The molecule has 2 rings (SSSR count). The van der Waals surface area contributed by atoms with Crippen molar-refractivity contribution in [2.24, 2.45) is 0 Å². The van der Waals surface area contributed by atoms with Gasteiger partial charge < -0.3 is 18.8 Å². The highest BCUT2D eigenvalue weighted by atomic mass is 28.4. The van der Waals surface area contributed by atoms with E-state index in [0.717, 1.165) is 12.0 Å². The number of amides is 1. The first-order chi connectivity index (χ1) is 13.3. The number of carbonyl (C=O) groups excluding carboxylic acids is 1. The fourth-order valence-corrected chi connectivity index (χ4v) is 4.52. The maximum absolute atomic E-state index is 12.8. The predicted octanol–water partition coefficient (Wildman–Crippen LogP) is 5.60. The van der Waals surface area contributed by atoms with Crippen LogP contribution in [0.25, 0.3) is 0 Å². The van der Waals surface area contributed by atoms with E-state index in [4.69, 9.17) is 13.9 Å². The van der Waals surface area contributed by atoms with Gasteiger partial charge in [-0.15, -0.1) is 0 Å². The molecular formula is C23H39NO4Si. The lowest BCUT2D eigenvalue weighted by molar-refractivity contribution is -0.00565. The molecule has 1 aromatic carbocycles. The Morgan fingerprint density at radius 3 is 2.28 bits per heavy atom. The molecule has 1 saturated heterocycles. The third kappa shape index (κ3) is 6.83. The molecule has 0 radical (unpaired) electrons. The first-order valence-electron chi connectivity index (χ1n) is 10.6. The molecule has 164 valence electrons. The second kappa shape index (κ2) is 9.19. The van der Waals surface area contributed by atoms with E-state index in [1.165, 1.54) is 0 Å². The van der Waals surface area contributed by atoms with E-state index < -0.39 is 13.9 Å². The van der Waals surface area contributed by atoms with Crippen molar-refractivity contribution >= 4 is 14.4 Å². The zero-order valence-corrected chi connectivity index (χ0v) is 20.5. The van der Waals surface area contributed by atoms with Crippen molar-refractivity contribution < 1.29 is 18.7 Å². The topological polar surface area (TPSA) is 48.0 Å². The second-order valence-electron chi connectivity index (χ2n) is 10.4. The summed E-state index contributed by atoms with van der Waals surface area (Å²) < 4.78 is 18.4. The molecule has 1 heterocycles. The summed E-state index contributed by atoms with van der Waals surface area (Å²) in [4.78, 5) is 14.6. The number of benzene rings is 1. The molecule has 0 aliphatic carbocycles. The predicted molar refractivity (Wildman–Crippen MR) is 120 cm³/mol. The molecule has 5 nitrogen and oxygen atoms in total. The highest BCUT2D eigenvalue weighted by molar-refractivity contribution is 6.74. The van der Waals surface area contributed by atoms with Crippen molar-refractivity contribution in [3.8, 4) is 0 Å². The smallest absolute Gasteiger partial charge is 0.410 e. The summed E-state index contributed by atoms with van der Waals surface area (Å²) in [6.07, 6.45) is 0.497. The Bertz CT molecular complexity index is 664. The highest BCUT2D eigenvalue weighted by Crippen LogP contribution is 2.39. The minimum absolute atomic E-state index is 0.0285. The van der Waals surface area contributed by atoms with Gasteiger partial charge in [-0.05, 0) is 50.9 Å². The third-order valence-electron chi connectivity index (χ3n) is 5.76. The van der Waals surface area contributed by atoms with Gasteiger partial charge in [-0.25, -0.2) is 4.79 Å². The van der Waals surface area contributed by atoms with Gasteiger partial charge >= 0.3 is 6.09 Å². The number of hydrogen-bond donors (Lipinski definition) is 0. The van der Waals surface area contributed by atoms with Crippen molar-refractivity contribution in [3.05, 3.63) is 35.9 Å². The van der Waals surface area contributed by atoms with Gasteiger partial charge in [0, 0.05) is 6.54 Å². The largest absolute Gasteiger partial charge is 0.444 e. The minimum atomic E-state index is -1.96. The normalized spacial score (nSPS) is 20.8. The van der Waals surface area contributed by atoms with Crippen molar-refractivity contribution in [1.29, 1.82) is 0 Å². The molecule has 1 aliphatic rings. The van der Waals surface area contributed by atoms with Crippen molar-refractivity contribution in [1.82, 2.24) is 4.90 Å². The van der Waals surface area contributed by atoms with Crippen molar-refractivity contribution in [2.45, 2.75) is 90.4 Å². The molecule has 0 saturated carbocycles. The maximum atomic E-state index is 12.8. The Hall–Kier alpha value is -1.37. The van der Waals surface area contributed by atoms with Crippen molar-refractivity contribution in [2.75, 3.05) is 13.2 Å². The molecule has 29 heavy (non-hydrogen) atoms. The Balaban J connectivity index is 2.11. The summed E-state index contributed by atoms with van der Waals surface area (Å²) in [6.45, 7) is 18.5. The average molecular weight is 422 g/mol. The monoisotopic (exact) mass is 421 g/mol. The first-order valence-corrected chi connectivity index (χ1v) is 13.5. The molecule has 1 aromatic rings. The van der Waals surface area contributed by atoms with E-state index in [1.54, 1.807) is 4.90 Å². The summed E-state index contributed by atoms with van der Waals surface area (Å²) in [5.41, 5.74) is 0.599. The SMILES string of the molecule is CC(C)(C)OC(=O)N1CC[C@H](O[Si](C)(C)C(C)(C)C)[C@H]1COCc1ccccc1. The van der Waals surface area contributed by atoms with Crippen LogP contribution in [0.2, 0.25) is 18.1 Å². The van der Waals surface area contributed by atoms with Crippen LogP contribution in [0.3, 0.4) is 0 Å². The van der Waals surface area contributed by atoms with Crippen LogP contribution >= 0.6 is 0 Å².